The number of hydrogen-bond donors (Lipinski definition) is 1. The molecule has 3 rings (SSSR count). The molecule has 2 unspecified atom stereocenters. The van der Waals surface area contributed by atoms with Gasteiger partial charge in [0, 0.05) is 28.0 Å². The average molecular weight is 324 g/mol. The summed E-state index contributed by atoms with van der Waals surface area (Å²) in [6.45, 7) is 0. The molecule has 1 heterocycles. The number of benzene rings is 2. The zero-order valence-electron chi connectivity index (χ0n) is 10.7. The molecule has 0 amide bonds. The number of anilines is 1. The number of rotatable bonds is 3. The number of halogens is 1. The molecule has 0 radical (unpaired) electrons. The van der Waals surface area contributed by atoms with E-state index in [9.17, 15) is 4.21 Å². The van der Waals surface area contributed by atoms with Crippen LogP contribution in [0.3, 0.4) is 0 Å². The Balaban J connectivity index is 1.82. The van der Waals surface area contributed by atoms with Crippen LogP contribution in [0.5, 0.6) is 0 Å². The predicted octanol–water partition coefficient (Wildman–Crippen LogP) is 3.92. The van der Waals surface area contributed by atoms with Crippen LogP contribution < -0.4 is 5.73 Å². The van der Waals surface area contributed by atoms with Crippen molar-refractivity contribution in [2.75, 3.05) is 17.2 Å². The zero-order chi connectivity index (χ0) is 14.1. The van der Waals surface area contributed by atoms with E-state index in [0.29, 0.717) is 27.3 Å². The first-order valence-corrected chi connectivity index (χ1v) is 8.98. The van der Waals surface area contributed by atoms with Gasteiger partial charge in [-0.25, -0.2) is 0 Å². The smallest absolute Gasteiger partial charge is 0.0594 e. The maximum atomic E-state index is 12.5. The standard InChI is InChI=1S/C15H14ClNOS2/c16-13-6-5-11(17)7-15(13)20(18)9-10-8-19-14-4-2-1-3-12(10)14/h1-7,10H,8-9,17H2. The largest absolute Gasteiger partial charge is 0.399 e. The van der Waals surface area contributed by atoms with Crippen LogP contribution in [0.1, 0.15) is 11.5 Å². The normalized spacial score (nSPS) is 18.8. The van der Waals surface area contributed by atoms with Crippen LogP contribution in [0.2, 0.25) is 5.02 Å². The Morgan fingerprint density at radius 3 is 2.95 bits per heavy atom. The minimum absolute atomic E-state index is 0.314. The van der Waals surface area contributed by atoms with Crippen molar-refractivity contribution in [1.29, 1.82) is 0 Å². The highest BCUT2D eigenvalue weighted by atomic mass is 35.5. The van der Waals surface area contributed by atoms with Gasteiger partial charge in [0.2, 0.25) is 0 Å². The summed E-state index contributed by atoms with van der Waals surface area (Å²) in [6, 6.07) is 13.5. The molecular weight excluding hydrogens is 310 g/mol. The Bertz CT molecular complexity index is 675. The lowest BCUT2D eigenvalue weighted by Gasteiger charge is -2.11. The molecule has 2 atom stereocenters. The lowest BCUT2D eigenvalue weighted by Crippen LogP contribution is -2.10. The average Bonchev–Trinajstić information content (AvgIpc) is 2.85. The van der Waals surface area contributed by atoms with Crippen LogP contribution in [0.4, 0.5) is 5.69 Å². The van der Waals surface area contributed by atoms with Gasteiger partial charge in [-0.05, 0) is 29.8 Å². The number of nitrogen functional groups attached to an aromatic ring is 1. The zero-order valence-corrected chi connectivity index (χ0v) is 13.1. The van der Waals surface area contributed by atoms with E-state index in [2.05, 4.69) is 12.1 Å². The fraction of sp³-hybridized carbons (Fsp3) is 0.200. The first kappa shape index (κ1) is 14.0. The summed E-state index contributed by atoms with van der Waals surface area (Å²) in [5, 5.41) is 0.525. The Labute approximate surface area is 130 Å². The van der Waals surface area contributed by atoms with Crippen LogP contribution in [-0.4, -0.2) is 15.7 Å². The highest BCUT2D eigenvalue weighted by Gasteiger charge is 2.25. The molecule has 0 spiro atoms. The number of thioether (sulfide) groups is 1. The number of hydrogen-bond acceptors (Lipinski definition) is 3. The lowest BCUT2D eigenvalue weighted by atomic mass is 10.0. The van der Waals surface area contributed by atoms with Gasteiger partial charge in [0.25, 0.3) is 0 Å². The van der Waals surface area contributed by atoms with Crippen molar-refractivity contribution in [3.8, 4) is 0 Å². The minimum Gasteiger partial charge on any atom is -0.399 e. The van der Waals surface area contributed by atoms with Gasteiger partial charge in [-0.15, -0.1) is 11.8 Å². The quantitative estimate of drug-likeness (QED) is 0.871. The molecular formula is C15H14ClNOS2. The minimum atomic E-state index is -1.13. The molecule has 0 saturated heterocycles. The molecule has 20 heavy (non-hydrogen) atoms. The molecule has 2 aromatic rings. The third-order valence-electron chi connectivity index (χ3n) is 3.35. The van der Waals surface area contributed by atoms with Crippen molar-refractivity contribution in [2.45, 2.75) is 15.7 Å². The Kier molecular flexibility index (Phi) is 4.06. The van der Waals surface area contributed by atoms with Crippen molar-refractivity contribution in [2.24, 2.45) is 0 Å². The first-order chi connectivity index (χ1) is 9.65. The molecule has 0 saturated carbocycles. The second kappa shape index (κ2) is 5.80. The molecule has 0 aromatic heterocycles. The van der Waals surface area contributed by atoms with E-state index in [4.69, 9.17) is 17.3 Å². The Hall–Kier alpha value is -0.970. The highest BCUT2D eigenvalue weighted by Crippen LogP contribution is 2.40. The molecule has 1 aliphatic rings. The second-order valence-corrected chi connectivity index (χ2v) is 7.68. The van der Waals surface area contributed by atoms with E-state index >= 15 is 0 Å². The molecule has 2 nitrogen and oxygen atoms in total. The van der Waals surface area contributed by atoms with Gasteiger partial charge in [-0.3, -0.25) is 4.21 Å². The topological polar surface area (TPSA) is 43.1 Å². The molecule has 0 fully saturated rings. The lowest BCUT2D eigenvalue weighted by molar-refractivity contribution is 0.678. The second-order valence-electron chi connectivity index (χ2n) is 4.75. The molecule has 5 heteroatoms. The third-order valence-corrected chi connectivity index (χ3v) is 6.58. The van der Waals surface area contributed by atoms with Crippen LogP contribution in [0.25, 0.3) is 0 Å². The summed E-state index contributed by atoms with van der Waals surface area (Å²) in [5.41, 5.74) is 7.65. The predicted molar refractivity (Wildman–Crippen MR) is 87.0 cm³/mol. The maximum Gasteiger partial charge on any atom is 0.0594 e. The molecule has 0 bridgehead atoms. The van der Waals surface area contributed by atoms with Crippen LogP contribution in [0.15, 0.2) is 52.3 Å². The van der Waals surface area contributed by atoms with E-state index in [1.807, 2.05) is 23.9 Å². The van der Waals surface area contributed by atoms with E-state index in [0.717, 1.165) is 5.75 Å². The van der Waals surface area contributed by atoms with Crippen LogP contribution >= 0.6 is 23.4 Å². The summed E-state index contributed by atoms with van der Waals surface area (Å²) in [6.07, 6.45) is 0. The monoisotopic (exact) mass is 323 g/mol. The van der Waals surface area contributed by atoms with Gasteiger partial charge < -0.3 is 5.73 Å². The Morgan fingerprint density at radius 2 is 2.10 bits per heavy atom. The van der Waals surface area contributed by atoms with E-state index in [-0.39, 0.29) is 0 Å². The van der Waals surface area contributed by atoms with Crippen LogP contribution in [0, 0.1) is 0 Å². The first-order valence-electron chi connectivity index (χ1n) is 6.30. The summed E-state index contributed by atoms with van der Waals surface area (Å²) >= 11 is 7.95. The van der Waals surface area contributed by atoms with Crippen molar-refractivity contribution in [1.82, 2.24) is 0 Å². The van der Waals surface area contributed by atoms with Gasteiger partial charge in [0.05, 0.1) is 20.7 Å². The van der Waals surface area contributed by atoms with Crippen molar-refractivity contribution >= 4 is 39.8 Å². The van der Waals surface area contributed by atoms with E-state index < -0.39 is 10.8 Å². The molecule has 2 aromatic carbocycles. The van der Waals surface area contributed by atoms with Crippen molar-refractivity contribution in [3.05, 3.63) is 53.1 Å². The van der Waals surface area contributed by atoms with Crippen LogP contribution in [-0.2, 0) is 10.8 Å². The van der Waals surface area contributed by atoms with E-state index in [1.54, 1.807) is 18.2 Å². The number of fused-ring (bicyclic) bond motifs is 1. The maximum absolute atomic E-state index is 12.5. The third kappa shape index (κ3) is 2.73. The fourth-order valence-corrected chi connectivity index (χ4v) is 5.51. The van der Waals surface area contributed by atoms with Crippen molar-refractivity contribution in [3.63, 3.8) is 0 Å². The molecule has 2 N–H and O–H groups in total. The van der Waals surface area contributed by atoms with Gasteiger partial charge in [-0.1, -0.05) is 29.8 Å². The fourth-order valence-electron chi connectivity index (χ4n) is 2.33. The Morgan fingerprint density at radius 1 is 1.30 bits per heavy atom. The molecule has 1 aliphatic heterocycles. The van der Waals surface area contributed by atoms with Gasteiger partial charge >= 0.3 is 0 Å². The molecule has 0 aliphatic carbocycles. The van der Waals surface area contributed by atoms with Gasteiger partial charge in [0.1, 0.15) is 0 Å². The summed E-state index contributed by atoms with van der Waals surface area (Å²) in [5.74, 6) is 1.88. The number of nitrogens with two attached hydrogens (primary N) is 1. The molecule has 104 valence electrons. The van der Waals surface area contributed by atoms with Gasteiger partial charge in [0.15, 0.2) is 0 Å². The summed E-state index contributed by atoms with van der Waals surface area (Å²) in [4.78, 5) is 1.94. The van der Waals surface area contributed by atoms with Gasteiger partial charge in [-0.2, -0.15) is 0 Å². The van der Waals surface area contributed by atoms with Crippen molar-refractivity contribution < 1.29 is 4.21 Å². The summed E-state index contributed by atoms with van der Waals surface area (Å²) in [7, 11) is -1.13. The highest BCUT2D eigenvalue weighted by molar-refractivity contribution is 7.99. The summed E-state index contributed by atoms with van der Waals surface area (Å²) < 4.78 is 12.5. The van der Waals surface area contributed by atoms with E-state index in [1.165, 1.54) is 10.5 Å². The SMILES string of the molecule is Nc1ccc(Cl)c(S(=O)CC2CSc3ccccc32)c1.